The van der Waals surface area contributed by atoms with Crippen molar-refractivity contribution >= 4 is 11.8 Å². The van der Waals surface area contributed by atoms with Gasteiger partial charge >= 0.3 is 0 Å². The molecule has 0 bridgehead atoms. The first-order valence-electron chi connectivity index (χ1n) is 5.43. The van der Waals surface area contributed by atoms with Gasteiger partial charge in [-0.15, -0.1) is 11.8 Å². The molecule has 1 aliphatic rings. The summed E-state index contributed by atoms with van der Waals surface area (Å²) in [6.07, 6.45) is 11.2. The molecular weight excluding hydrogens is 178 g/mol. The molecule has 0 amide bonds. The Morgan fingerprint density at radius 2 is 2.31 bits per heavy atom. The summed E-state index contributed by atoms with van der Waals surface area (Å²) in [5.74, 6) is 1.29. The minimum atomic E-state index is 0.697. The Hall–Kier alpha value is 0.0500. The third-order valence-electron chi connectivity index (χ3n) is 2.28. The first-order chi connectivity index (χ1) is 6.43. The minimum absolute atomic E-state index is 0.697. The van der Waals surface area contributed by atoms with Gasteiger partial charge < -0.3 is 5.32 Å². The van der Waals surface area contributed by atoms with Crippen molar-refractivity contribution in [2.45, 2.75) is 44.4 Å². The van der Waals surface area contributed by atoms with Crippen LogP contribution >= 0.6 is 11.8 Å². The number of rotatable bonds is 6. The quantitative estimate of drug-likeness (QED) is 0.521. The van der Waals surface area contributed by atoms with E-state index in [1.165, 1.54) is 44.4 Å². The van der Waals surface area contributed by atoms with Gasteiger partial charge in [-0.1, -0.05) is 31.9 Å². The molecule has 0 radical (unpaired) electrons. The summed E-state index contributed by atoms with van der Waals surface area (Å²) in [5.41, 5.74) is 0. The Labute approximate surface area is 86.4 Å². The fourth-order valence-electron chi connectivity index (χ4n) is 1.48. The maximum absolute atomic E-state index is 3.47. The predicted molar refractivity (Wildman–Crippen MR) is 62.1 cm³/mol. The predicted octanol–water partition coefficient (Wildman–Crippen LogP) is 3.18. The second-order valence-corrected chi connectivity index (χ2v) is 4.83. The second-order valence-electron chi connectivity index (χ2n) is 3.52. The lowest BCUT2D eigenvalue weighted by Crippen LogP contribution is -2.18. The van der Waals surface area contributed by atoms with Crippen molar-refractivity contribution in [2.75, 3.05) is 12.3 Å². The second kappa shape index (κ2) is 7.45. The Kier molecular flexibility index (Phi) is 6.38. The molecule has 0 aromatic carbocycles. The molecule has 1 atom stereocenters. The van der Waals surface area contributed by atoms with Gasteiger partial charge in [-0.05, 0) is 19.3 Å². The van der Waals surface area contributed by atoms with Gasteiger partial charge in [0.1, 0.15) is 0 Å². The molecule has 0 saturated carbocycles. The highest BCUT2D eigenvalue weighted by molar-refractivity contribution is 8.00. The summed E-state index contributed by atoms with van der Waals surface area (Å²) >= 11 is 2.05. The third-order valence-corrected chi connectivity index (χ3v) is 3.49. The Morgan fingerprint density at radius 3 is 3.00 bits per heavy atom. The van der Waals surface area contributed by atoms with Crippen LogP contribution in [-0.4, -0.2) is 17.7 Å². The van der Waals surface area contributed by atoms with Crippen LogP contribution in [0, 0.1) is 0 Å². The molecule has 1 saturated heterocycles. The van der Waals surface area contributed by atoms with E-state index in [2.05, 4.69) is 24.4 Å². The van der Waals surface area contributed by atoms with Crippen LogP contribution in [0.3, 0.4) is 0 Å². The molecule has 13 heavy (non-hydrogen) atoms. The van der Waals surface area contributed by atoms with Crippen molar-refractivity contribution < 1.29 is 0 Å². The number of hydrogen-bond donors (Lipinski definition) is 1. The van der Waals surface area contributed by atoms with E-state index in [0.717, 1.165) is 0 Å². The van der Waals surface area contributed by atoms with Crippen LogP contribution in [-0.2, 0) is 0 Å². The zero-order valence-corrected chi connectivity index (χ0v) is 9.41. The molecule has 1 fully saturated rings. The summed E-state index contributed by atoms with van der Waals surface area (Å²) in [5, 5.41) is 4.17. The lowest BCUT2D eigenvalue weighted by atomic mass is 10.2. The van der Waals surface area contributed by atoms with Crippen LogP contribution in [0.25, 0.3) is 0 Å². The normalized spacial score (nSPS) is 23.0. The summed E-state index contributed by atoms with van der Waals surface area (Å²) in [6.45, 7) is 3.45. The molecule has 76 valence electrons. The number of unbranched alkanes of at least 4 members (excludes halogenated alkanes) is 3. The van der Waals surface area contributed by atoms with Crippen LogP contribution in [0.5, 0.6) is 0 Å². The van der Waals surface area contributed by atoms with Gasteiger partial charge in [0, 0.05) is 12.3 Å². The average molecular weight is 199 g/mol. The molecule has 1 N–H and O–H groups in total. The monoisotopic (exact) mass is 199 g/mol. The fourth-order valence-corrected chi connectivity index (χ4v) is 2.48. The van der Waals surface area contributed by atoms with Gasteiger partial charge in [0.15, 0.2) is 0 Å². The largest absolute Gasteiger partial charge is 0.304 e. The molecule has 1 heterocycles. The molecule has 0 aromatic rings. The van der Waals surface area contributed by atoms with Crippen LogP contribution in [0.4, 0.5) is 0 Å². The number of hydrogen-bond acceptors (Lipinski definition) is 2. The van der Waals surface area contributed by atoms with E-state index in [0.29, 0.717) is 5.37 Å². The fraction of sp³-hybridized carbons (Fsp3) is 0.818. The highest BCUT2D eigenvalue weighted by Gasteiger charge is 2.11. The molecule has 1 unspecified atom stereocenters. The highest BCUT2D eigenvalue weighted by Crippen LogP contribution is 2.17. The van der Waals surface area contributed by atoms with E-state index in [1.54, 1.807) is 0 Å². The number of nitrogens with one attached hydrogen (secondary N) is 1. The van der Waals surface area contributed by atoms with Crippen molar-refractivity contribution in [1.82, 2.24) is 5.32 Å². The van der Waals surface area contributed by atoms with E-state index in [4.69, 9.17) is 0 Å². The van der Waals surface area contributed by atoms with Crippen LogP contribution < -0.4 is 5.32 Å². The van der Waals surface area contributed by atoms with Crippen LogP contribution in [0.15, 0.2) is 12.2 Å². The smallest absolute Gasteiger partial charge is 0.0567 e. The van der Waals surface area contributed by atoms with Gasteiger partial charge in [0.25, 0.3) is 0 Å². The first kappa shape index (κ1) is 11.1. The molecule has 0 aromatic heterocycles. The molecule has 1 nitrogen and oxygen atoms in total. The van der Waals surface area contributed by atoms with Crippen molar-refractivity contribution in [2.24, 2.45) is 0 Å². The number of thioether (sulfide) groups is 1. The minimum Gasteiger partial charge on any atom is -0.304 e. The van der Waals surface area contributed by atoms with E-state index in [1.807, 2.05) is 11.8 Å². The van der Waals surface area contributed by atoms with Gasteiger partial charge in [0.05, 0.1) is 5.37 Å². The van der Waals surface area contributed by atoms with Crippen molar-refractivity contribution in [3.8, 4) is 0 Å². The van der Waals surface area contributed by atoms with E-state index in [-0.39, 0.29) is 0 Å². The summed E-state index contributed by atoms with van der Waals surface area (Å²) in [4.78, 5) is 0. The average Bonchev–Trinajstić information content (AvgIpc) is 2.63. The molecule has 1 aliphatic heterocycles. The Morgan fingerprint density at radius 1 is 1.38 bits per heavy atom. The molecule has 0 aliphatic carbocycles. The highest BCUT2D eigenvalue weighted by atomic mass is 32.2. The summed E-state index contributed by atoms with van der Waals surface area (Å²) in [7, 11) is 0. The zero-order chi connectivity index (χ0) is 9.36. The molecule has 0 spiro atoms. The molecule has 2 heteroatoms. The van der Waals surface area contributed by atoms with Gasteiger partial charge in [-0.25, -0.2) is 0 Å². The Bertz CT molecular complexity index is 139. The SMILES string of the molecule is CCCCC/C=C\CC1NCCS1. The van der Waals surface area contributed by atoms with Crippen molar-refractivity contribution in [3.05, 3.63) is 12.2 Å². The third kappa shape index (κ3) is 5.37. The summed E-state index contributed by atoms with van der Waals surface area (Å²) < 4.78 is 0. The standard InChI is InChI=1S/C11H21NS/c1-2-3-4-5-6-7-8-11-12-9-10-13-11/h6-7,11-12H,2-5,8-10H2,1H3/b7-6-. The van der Waals surface area contributed by atoms with Gasteiger partial charge in [0.2, 0.25) is 0 Å². The first-order valence-corrected chi connectivity index (χ1v) is 6.48. The number of allylic oxidation sites excluding steroid dienone is 1. The van der Waals surface area contributed by atoms with Gasteiger partial charge in [-0.3, -0.25) is 0 Å². The zero-order valence-electron chi connectivity index (χ0n) is 8.59. The van der Waals surface area contributed by atoms with Crippen LogP contribution in [0.1, 0.15) is 39.0 Å². The van der Waals surface area contributed by atoms with E-state index in [9.17, 15) is 0 Å². The van der Waals surface area contributed by atoms with E-state index >= 15 is 0 Å². The maximum atomic E-state index is 3.47. The lowest BCUT2D eigenvalue weighted by molar-refractivity contribution is 0.709. The topological polar surface area (TPSA) is 12.0 Å². The van der Waals surface area contributed by atoms with Crippen molar-refractivity contribution in [1.29, 1.82) is 0 Å². The summed E-state index contributed by atoms with van der Waals surface area (Å²) in [6, 6.07) is 0. The van der Waals surface area contributed by atoms with Crippen LogP contribution in [0.2, 0.25) is 0 Å². The van der Waals surface area contributed by atoms with E-state index < -0.39 is 0 Å². The maximum Gasteiger partial charge on any atom is 0.0567 e. The van der Waals surface area contributed by atoms with Gasteiger partial charge in [-0.2, -0.15) is 0 Å². The Balaban J connectivity index is 1.91. The lowest BCUT2D eigenvalue weighted by Gasteiger charge is -2.03. The molecule has 1 rings (SSSR count). The van der Waals surface area contributed by atoms with Crippen molar-refractivity contribution in [3.63, 3.8) is 0 Å². The molecular formula is C11H21NS.